The zero-order valence-electron chi connectivity index (χ0n) is 12.1. The van der Waals surface area contributed by atoms with Gasteiger partial charge in [-0.3, -0.25) is 0 Å². The molecule has 0 aromatic heterocycles. The Hall–Kier alpha value is -0.830. The lowest BCUT2D eigenvalue weighted by Gasteiger charge is -2.12. The topological polar surface area (TPSA) is 46.5 Å². The molecular formula is C16H28O3. The first kappa shape index (κ1) is 16.2. The Morgan fingerprint density at radius 1 is 1.00 bits per heavy atom. The molecule has 1 aliphatic rings. The molecule has 0 amide bonds. The molecule has 0 unspecified atom stereocenters. The van der Waals surface area contributed by atoms with Crippen molar-refractivity contribution in [2.75, 3.05) is 0 Å². The van der Waals surface area contributed by atoms with Gasteiger partial charge in [0.1, 0.15) is 0 Å². The van der Waals surface area contributed by atoms with Crippen LogP contribution >= 0.6 is 0 Å². The van der Waals surface area contributed by atoms with Crippen LogP contribution in [-0.2, 0) is 9.53 Å². The number of carbonyl (C=O) groups is 1. The molecular weight excluding hydrogens is 240 g/mol. The molecule has 3 heteroatoms. The van der Waals surface area contributed by atoms with Crippen molar-refractivity contribution < 1.29 is 14.6 Å². The summed E-state index contributed by atoms with van der Waals surface area (Å²) < 4.78 is 5.26. The van der Waals surface area contributed by atoms with Crippen LogP contribution in [0.2, 0.25) is 0 Å². The molecule has 1 heterocycles. The maximum Gasteiger partial charge on any atom is 0.330 e. The average Bonchev–Trinajstić information content (AvgIpc) is 2.37. The van der Waals surface area contributed by atoms with Crippen molar-refractivity contribution in [3.8, 4) is 0 Å². The quantitative estimate of drug-likeness (QED) is 0.681. The van der Waals surface area contributed by atoms with Crippen LogP contribution in [0.4, 0.5) is 0 Å². The number of rotatable bonds is 0. The SMILES string of the molecule is C[C@@H]1CCCCCCCCCC[C@H](O)/C=C\C(=O)O1. The first-order chi connectivity index (χ1) is 9.18. The minimum absolute atomic E-state index is 0.0257. The second-order valence-corrected chi connectivity index (χ2v) is 5.58. The Morgan fingerprint density at radius 3 is 2.16 bits per heavy atom. The predicted octanol–water partition coefficient (Wildman–Crippen LogP) is 3.75. The van der Waals surface area contributed by atoms with Gasteiger partial charge in [-0.2, -0.15) is 0 Å². The van der Waals surface area contributed by atoms with Crippen molar-refractivity contribution >= 4 is 5.97 Å². The highest BCUT2D eigenvalue weighted by atomic mass is 16.5. The van der Waals surface area contributed by atoms with Crippen LogP contribution in [0.15, 0.2) is 12.2 Å². The molecule has 2 atom stereocenters. The number of aliphatic hydroxyl groups is 1. The zero-order chi connectivity index (χ0) is 13.9. The van der Waals surface area contributed by atoms with Gasteiger partial charge in [-0.05, 0) is 32.3 Å². The number of cyclic esters (lactones) is 1. The summed E-state index contributed by atoms with van der Waals surface area (Å²) in [5, 5.41) is 9.71. The number of hydrogen-bond acceptors (Lipinski definition) is 3. The Morgan fingerprint density at radius 2 is 1.53 bits per heavy atom. The van der Waals surface area contributed by atoms with Crippen molar-refractivity contribution in [3.05, 3.63) is 12.2 Å². The summed E-state index contributed by atoms with van der Waals surface area (Å²) in [5.74, 6) is -0.335. The van der Waals surface area contributed by atoms with Gasteiger partial charge in [-0.1, -0.05) is 44.9 Å². The summed E-state index contributed by atoms with van der Waals surface area (Å²) in [4.78, 5) is 11.5. The van der Waals surface area contributed by atoms with Crippen LogP contribution in [0.5, 0.6) is 0 Å². The van der Waals surface area contributed by atoms with E-state index in [1.165, 1.54) is 44.6 Å². The van der Waals surface area contributed by atoms with Gasteiger partial charge in [0.25, 0.3) is 0 Å². The average molecular weight is 268 g/mol. The molecule has 0 fully saturated rings. The third-order valence-electron chi connectivity index (χ3n) is 3.63. The lowest BCUT2D eigenvalue weighted by Crippen LogP contribution is -2.13. The van der Waals surface area contributed by atoms with Gasteiger partial charge < -0.3 is 9.84 Å². The maximum absolute atomic E-state index is 11.5. The molecule has 1 rings (SSSR count). The summed E-state index contributed by atoms with van der Waals surface area (Å²) in [6.45, 7) is 1.94. The summed E-state index contributed by atoms with van der Waals surface area (Å²) in [6.07, 6.45) is 13.7. The lowest BCUT2D eigenvalue weighted by molar-refractivity contribution is -0.142. The molecule has 3 nitrogen and oxygen atoms in total. The molecule has 0 aromatic rings. The fourth-order valence-corrected chi connectivity index (χ4v) is 2.43. The predicted molar refractivity (Wildman–Crippen MR) is 76.9 cm³/mol. The number of esters is 1. The Balaban J connectivity index is 2.40. The van der Waals surface area contributed by atoms with Crippen LogP contribution in [-0.4, -0.2) is 23.3 Å². The number of carbonyl (C=O) groups excluding carboxylic acids is 1. The fraction of sp³-hybridized carbons (Fsp3) is 0.812. The highest BCUT2D eigenvalue weighted by molar-refractivity contribution is 5.82. The van der Waals surface area contributed by atoms with Crippen molar-refractivity contribution in [1.82, 2.24) is 0 Å². The van der Waals surface area contributed by atoms with Crippen molar-refractivity contribution in [2.24, 2.45) is 0 Å². The molecule has 0 aromatic carbocycles. The van der Waals surface area contributed by atoms with E-state index in [9.17, 15) is 9.90 Å². The van der Waals surface area contributed by atoms with Crippen molar-refractivity contribution in [3.63, 3.8) is 0 Å². The van der Waals surface area contributed by atoms with Gasteiger partial charge in [0.05, 0.1) is 12.2 Å². The van der Waals surface area contributed by atoms with Crippen molar-refractivity contribution in [1.29, 1.82) is 0 Å². The van der Waals surface area contributed by atoms with E-state index in [2.05, 4.69) is 0 Å². The number of ether oxygens (including phenoxy) is 1. The molecule has 1 N–H and O–H groups in total. The first-order valence-electron chi connectivity index (χ1n) is 7.75. The van der Waals surface area contributed by atoms with Crippen LogP contribution in [0.1, 0.15) is 71.1 Å². The van der Waals surface area contributed by atoms with Gasteiger partial charge >= 0.3 is 5.97 Å². The van der Waals surface area contributed by atoms with Gasteiger partial charge in [-0.25, -0.2) is 4.79 Å². The standard InChI is InChI=1S/C16H28O3/c1-14-10-8-6-4-2-3-5-7-9-11-15(17)12-13-16(18)19-14/h12-15,17H,2-11H2,1H3/b13-12-/t14-,15+/m1/s1. The summed E-state index contributed by atoms with van der Waals surface area (Å²) in [6, 6.07) is 0. The van der Waals surface area contributed by atoms with Crippen LogP contribution in [0.3, 0.4) is 0 Å². The monoisotopic (exact) mass is 268 g/mol. The Bertz CT molecular complexity index is 273. The minimum atomic E-state index is -0.518. The third kappa shape index (κ3) is 8.82. The molecule has 0 aliphatic carbocycles. The normalized spacial score (nSPS) is 30.5. The van der Waals surface area contributed by atoms with Gasteiger partial charge in [0, 0.05) is 6.08 Å². The van der Waals surface area contributed by atoms with E-state index in [0.29, 0.717) is 0 Å². The van der Waals surface area contributed by atoms with E-state index in [0.717, 1.165) is 25.7 Å². The first-order valence-corrected chi connectivity index (χ1v) is 7.75. The lowest BCUT2D eigenvalue weighted by atomic mass is 10.0. The minimum Gasteiger partial charge on any atom is -0.460 e. The second-order valence-electron chi connectivity index (χ2n) is 5.58. The van der Waals surface area contributed by atoms with Crippen LogP contribution in [0, 0.1) is 0 Å². The van der Waals surface area contributed by atoms with Gasteiger partial charge in [0.15, 0.2) is 0 Å². The Labute approximate surface area is 117 Å². The van der Waals surface area contributed by atoms with E-state index in [1.807, 2.05) is 6.92 Å². The summed E-state index contributed by atoms with van der Waals surface area (Å²) >= 11 is 0. The molecule has 0 bridgehead atoms. The molecule has 0 saturated carbocycles. The smallest absolute Gasteiger partial charge is 0.330 e. The summed E-state index contributed by atoms with van der Waals surface area (Å²) in [5.41, 5.74) is 0. The molecule has 0 spiro atoms. The van der Waals surface area contributed by atoms with E-state index in [4.69, 9.17) is 4.74 Å². The van der Waals surface area contributed by atoms with E-state index in [1.54, 1.807) is 6.08 Å². The van der Waals surface area contributed by atoms with Crippen LogP contribution in [0.25, 0.3) is 0 Å². The largest absolute Gasteiger partial charge is 0.460 e. The third-order valence-corrected chi connectivity index (χ3v) is 3.63. The van der Waals surface area contributed by atoms with E-state index < -0.39 is 6.10 Å². The van der Waals surface area contributed by atoms with Crippen molar-refractivity contribution in [2.45, 2.75) is 83.3 Å². The molecule has 110 valence electrons. The Kier molecular flexibility index (Phi) is 8.55. The van der Waals surface area contributed by atoms with Crippen LogP contribution < -0.4 is 0 Å². The fourth-order valence-electron chi connectivity index (χ4n) is 2.43. The molecule has 19 heavy (non-hydrogen) atoms. The molecule has 1 aliphatic heterocycles. The number of hydrogen-bond donors (Lipinski definition) is 1. The van der Waals surface area contributed by atoms with E-state index >= 15 is 0 Å². The highest BCUT2D eigenvalue weighted by Crippen LogP contribution is 2.14. The van der Waals surface area contributed by atoms with E-state index in [-0.39, 0.29) is 12.1 Å². The van der Waals surface area contributed by atoms with Gasteiger partial charge in [0.2, 0.25) is 0 Å². The second kappa shape index (κ2) is 10.0. The highest BCUT2D eigenvalue weighted by Gasteiger charge is 2.08. The molecule has 0 radical (unpaired) electrons. The molecule has 0 saturated heterocycles. The van der Waals surface area contributed by atoms with Gasteiger partial charge in [-0.15, -0.1) is 0 Å². The zero-order valence-corrected chi connectivity index (χ0v) is 12.1. The maximum atomic E-state index is 11.5. The number of aliphatic hydroxyl groups excluding tert-OH is 1. The summed E-state index contributed by atoms with van der Waals surface area (Å²) in [7, 11) is 0.